The van der Waals surface area contributed by atoms with Crippen LogP contribution in [0.2, 0.25) is 0 Å². The number of alkyl halides is 3. The Morgan fingerprint density at radius 3 is 2.53 bits per heavy atom. The average molecular weight is 268 g/mol. The maximum atomic E-state index is 12.7. The van der Waals surface area contributed by atoms with Gasteiger partial charge in [0.25, 0.3) is 0 Å². The fraction of sp³-hybridized carbons (Fsp3) is 0.357. The molecular formula is C14H15F3N2. The van der Waals surface area contributed by atoms with E-state index in [1.54, 1.807) is 6.92 Å². The number of nitrogens with zero attached hydrogens (tertiary/aromatic N) is 1. The largest absolute Gasteiger partial charge is 0.416 e. The fourth-order valence-corrected chi connectivity index (χ4v) is 2.14. The van der Waals surface area contributed by atoms with Crippen molar-refractivity contribution in [1.82, 2.24) is 4.98 Å². The number of nitrogens with two attached hydrogens (primary N) is 1. The second kappa shape index (κ2) is 4.81. The van der Waals surface area contributed by atoms with Gasteiger partial charge in [-0.1, -0.05) is 6.07 Å². The summed E-state index contributed by atoms with van der Waals surface area (Å²) in [6.07, 6.45) is -3.73. The van der Waals surface area contributed by atoms with E-state index in [9.17, 15) is 13.2 Å². The summed E-state index contributed by atoms with van der Waals surface area (Å²) in [5.74, 6) is 0. The molecule has 2 N–H and O–H groups in total. The van der Waals surface area contributed by atoms with E-state index in [4.69, 9.17) is 5.73 Å². The van der Waals surface area contributed by atoms with E-state index < -0.39 is 11.7 Å². The van der Waals surface area contributed by atoms with E-state index in [0.717, 1.165) is 23.1 Å². The Hall–Kier alpha value is -1.62. The van der Waals surface area contributed by atoms with Gasteiger partial charge in [0, 0.05) is 17.1 Å². The first-order valence-corrected chi connectivity index (χ1v) is 6.00. The fourth-order valence-electron chi connectivity index (χ4n) is 2.14. The predicted octanol–water partition coefficient (Wildman–Crippen LogP) is 3.45. The van der Waals surface area contributed by atoms with Crippen molar-refractivity contribution in [3.8, 4) is 0 Å². The average Bonchev–Trinajstić information content (AvgIpc) is 2.25. The van der Waals surface area contributed by atoms with Crippen molar-refractivity contribution < 1.29 is 13.2 Å². The van der Waals surface area contributed by atoms with Crippen LogP contribution >= 0.6 is 0 Å². The van der Waals surface area contributed by atoms with E-state index in [-0.39, 0.29) is 6.04 Å². The Balaban J connectivity index is 2.61. The highest BCUT2D eigenvalue weighted by Gasteiger charge is 2.30. The molecule has 0 spiro atoms. The number of aromatic nitrogens is 1. The maximum Gasteiger partial charge on any atom is 0.416 e. The molecule has 19 heavy (non-hydrogen) atoms. The Bertz CT molecular complexity index is 603. The van der Waals surface area contributed by atoms with Crippen molar-refractivity contribution in [3.05, 3.63) is 41.1 Å². The molecule has 0 saturated heterocycles. The van der Waals surface area contributed by atoms with Crippen LogP contribution in [0.25, 0.3) is 10.9 Å². The van der Waals surface area contributed by atoms with Crippen molar-refractivity contribution in [1.29, 1.82) is 0 Å². The van der Waals surface area contributed by atoms with Gasteiger partial charge < -0.3 is 5.73 Å². The van der Waals surface area contributed by atoms with E-state index in [0.29, 0.717) is 17.6 Å². The van der Waals surface area contributed by atoms with E-state index in [1.807, 2.05) is 13.0 Å². The number of hydrogen-bond acceptors (Lipinski definition) is 2. The van der Waals surface area contributed by atoms with Crippen LogP contribution in [-0.4, -0.2) is 11.0 Å². The Labute approximate surface area is 109 Å². The topological polar surface area (TPSA) is 38.9 Å². The van der Waals surface area contributed by atoms with E-state index in [1.165, 1.54) is 6.07 Å². The third kappa shape index (κ3) is 3.04. The lowest BCUT2D eigenvalue weighted by Gasteiger charge is -2.12. The number of benzene rings is 1. The summed E-state index contributed by atoms with van der Waals surface area (Å²) in [6, 6.07) is 5.48. The number of hydrogen-bond donors (Lipinski definition) is 1. The third-order valence-corrected chi connectivity index (χ3v) is 2.89. The number of pyridine rings is 1. The molecule has 0 aliphatic heterocycles. The third-order valence-electron chi connectivity index (χ3n) is 2.89. The Morgan fingerprint density at radius 1 is 1.26 bits per heavy atom. The smallest absolute Gasteiger partial charge is 0.328 e. The molecule has 1 atom stereocenters. The van der Waals surface area contributed by atoms with Crippen LogP contribution in [0.3, 0.4) is 0 Å². The van der Waals surface area contributed by atoms with Crippen molar-refractivity contribution in [2.75, 3.05) is 0 Å². The van der Waals surface area contributed by atoms with Gasteiger partial charge in [-0.3, -0.25) is 4.98 Å². The van der Waals surface area contributed by atoms with Crippen molar-refractivity contribution in [2.24, 2.45) is 5.73 Å². The number of fused-ring (bicyclic) bond motifs is 1. The summed E-state index contributed by atoms with van der Waals surface area (Å²) in [6.45, 7) is 3.63. The second-order valence-electron chi connectivity index (χ2n) is 4.83. The zero-order chi connectivity index (χ0) is 14.2. The number of halogens is 3. The summed E-state index contributed by atoms with van der Waals surface area (Å²) in [5.41, 5.74) is 7.09. The molecule has 2 nitrogen and oxygen atoms in total. The van der Waals surface area contributed by atoms with Crippen molar-refractivity contribution in [2.45, 2.75) is 32.5 Å². The van der Waals surface area contributed by atoms with Crippen molar-refractivity contribution in [3.63, 3.8) is 0 Å². The van der Waals surface area contributed by atoms with Gasteiger partial charge in [0.05, 0.1) is 11.1 Å². The lowest BCUT2D eigenvalue weighted by atomic mass is 10.0. The van der Waals surface area contributed by atoms with Crippen LogP contribution < -0.4 is 5.73 Å². The number of rotatable bonds is 2. The molecule has 0 fully saturated rings. The standard InChI is InChI=1S/C14H15F3N2/c1-8(18)5-10-6-9(2)19-13-7-11(14(15,16)17)3-4-12(10)13/h3-4,6-8H,5,18H2,1-2H3. The first-order chi connectivity index (χ1) is 8.77. The minimum atomic E-state index is -4.35. The summed E-state index contributed by atoms with van der Waals surface area (Å²) in [5, 5.41) is 0.732. The normalized spacial score (nSPS) is 13.8. The van der Waals surface area contributed by atoms with Gasteiger partial charge in [-0.25, -0.2) is 0 Å². The zero-order valence-corrected chi connectivity index (χ0v) is 10.8. The molecule has 1 aromatic carbocycles. The number of aryl methyl sites for hydroxylation is 1. The summed E-state index contributed by atoms with van der Waals surface area (Å²) in [4.78, 5) is 4.18. The van der Waals surface area contributed by atoms with E-state index in [2.05, 4.69) is 4.98 Å². The first-order valence-electron chi connectivity index (χ1n) is 6.00. The van der Waals surface area contributed by atoms with Gasteiger partial charge in [0.2, 0.25) is 0 Å². The zero-order valence-electron chi connectivity index (χ0n) is 10.8. The molecule has 1 unspecified atom stereocenters. The highest BCUT2D eigenvalue weighted by molar-refractivity contribution is 5.83. The van der Waals surface area contributed by atoms with Crippen LogP contribution in [0.1, 0.15) is 23.7 Å². The molecule has 0 aliphatic carbocycles. The summed E-state index contributed by atoms with van der Waals surface area (Å²) >= 11 is 0. The summed E-state index contributed by atoms with van der Waals surface area (Å²) in [7, 11) is 0. The summed E-state index contributed by atoms with van der Waals surface area (Å²) < 4.78 is 38.0. The molecule has 102 valence electrons. The Morgan fingerprint density at radius 2 is 1.95 bits per heavy atom. The molecule has 2 rings (SSSR count). The molecule has 0 radical (unpaired) electrons. The minimum Gasteiger partial charge on any atom is -0.328 e. The highest BCUT2D eigenvalue weighted by atomic mass is 19.4. The molecule has 0 amide bonds. The van der Waals surface area contributed by atoms with Crippen molar-refractivity contribution >= 4 is 10.9 Å². The predicted molar refractivity (Wildman–Crippen MR) is 68.8 cm³/mol. The van der Waals surface area contributed by atoms with Crippen LogP contribution in [0.4, 0.5) is 13.2 Å². The highest BCUT2D eigenvalue weighted by Crippen LogP contribution is 2.32. The molecule has 5 heteroatoms. The minimum absolute atomic E-state index is 0.0488. The maximum absolute atomic E-state index is 12.7. The van der Waals surface area contributed by atoms with Gasteiger partial charge in [-0.15, -0.1) is 0 Å². The quantitative estimate of drug-likeness (QED) is 0.906. The molecule has 0 bridgehead atoms. The van der Waals surface area contributed by atoms with Gasteiger partial charge >= 0.3 is 6.18 Å². The second-order valence-corrected chi connectivity index (χ2v) is 4.83. The molecule has 1 aromatic heterocycles. The van der Waals surface area contributed by atoms with E-state index >= 15 is 0 Å². The van der Waals surface area contributed by atoms with Gasteiger partial charge in [0.15, 0.2) is 0 Å². The lowest BCUT2D eigenvalue weighted by molar-refractivity contribution is -0.137. The van der Waals surface area contributed by atoms with Crippen LogP contribution in [-0.2, 0) is 12.6 Å². The molecular weight excluding hydrogens is 253 g/mol. The SMILES string of the molecule is Cc1cc(CC(C)N)c2ccc(C(F)(F)F)cc2n1. The van der Waals surface area contributed by atoms with Crippen LogP contribution in [0, 0.1) is 6.92 Å². The van der Waals surface area contributed by atoms with Crippen LogP contribution in [0.15, 0.2) is 24.3 Å². The molecule has 0 saturated carbocycles. The molecule has 2 aromatic rings. The lowest BCUT2D eigenvalue weighted by Crippen LogP contribution is -2.18. The monoisotopic (exact) mass is 268 g/mol. The Kier molecular flexibility index (Phi) is 3.49. The molecule has 1 heterocycles. The first kappa shape index (κ1) is 13.8. The van der Waals surface area contributed by atoms with Gasteiger partial charge in [-0.05, 0) is 44.0 Å². The van der Waals surface area contributed by atoms with Gasteiger partial charge in [-0.2, -0.15) is 13.2 Å². The molecule has 0 aliphatic rings. The van der Waals surface area contributed by atoms with Crippen LogP contribution in [0.5, 0.6) is 0 Å². The van der Waals surface area contributed by atoms with Gasteiger partial charge in [0.1, 0.15) is 0 Å².